The van der Waals surface area contributed by atoms with Crippen molar-refractivity contribution in [3.8, 4) is 0 Å². The Hall–Kier alpha value is -1.91. The van der Waals surface area contributed by atoms with Crippen molar-refractivity contribution >= 4 is 0 Å². The fraction of sp³-hybridized carbons (Fsp3) is 0.875. The van der Waals surface area contributed by atoms with Crippen molar-refractivity contribution in [2.75, 3.05) is 13.2 Å². The van der Waals surface area contributed by atoms with Crippen LogP contribution < -0.4 is 0 Å². The van der Waals surface area contributed by atoms with Crippen LogP contribution in [0.2, 0.25) is 0 Å². The summed E-state index contributed by atoms with van der Waals surface area (Å²) in [5.74, 6) is -87.4. The van der Waals surface area contributed by atoms with Gasteiger partial charge in [0.2, 0.25) is 0 Å². The molecule has 40 heavy (non-hydrogen) atoms. The second-order valence-corrected chi connectivity index (χ2v) is 7.49. The Labute approximate surface area is 204 Å². The van der Waals surface area contributed by atoms with Gasteiger partial charge in [0.15, 0.2) is 0 Å². The molecule has 24 heteroatoms. The molecular weight excluding hydrogens is 645 g/mol. The molecule has 0 rings (SSSR count). The molecule has 0 radical (unpaired) electrons. The molecule has 0 aliphatic rings. The third kappa shape index (κ3) is 4.91. The highest BCUT2D eigenvalue weighted by atomic mass is 19.4. The van der Waals surface area contributed by atoms with Crippen molar-refractivity contribution in [3.63, 3.8) is 0 Å². The predicted molar refractivity (Wildman–Crippen MR) is 81.2 cm³/mol. The molecule has 0 saturated carbocycles. The molecule has 240 valence electrons. The van der Waals surface area contributed by atoms with Crippen molar-refractivity contribution in [2.45, 2.75) is 71.8 Å². The first-order chi connectivity index (χ1) is 17.1. The zero-order valence-corrected chi connectivity index (χ0v) is 18.0. The van der Waals surface area contributed by atoms with Crippen LogP contribution in [0.5, 0.6) is 0 Å². The lowest BCUT2D eigenvalue weighted by molar-refractivity contribution is -0.478. The number of hydrogen-bond donors (Lipinski definition) is 0. The van der Waals surface area contributed by atoms with Gasteiger partial charge in [-0.25, -0.2) is 0 Å². The van der Waals surface area contributed by atoms with Gasteiger partial charge in [-0.1, -0.05) is 6.08 Å². The molecule has 0 aromatic rings. The minimum Gasteiger partial charge on any atom is -0.377 e. The maximum atomic E-state index is 13.7. The van der Waals surface area contributed by atoms with E-state index < -0.39 is 85.0 Å². The lowest BCUT2D eigenvalue weighted by Gasteiger charge is -2.45. The monoisotopic (exact) mass is 654 g/mol. The van der Waals surface area contributed by atoms with E-state index in [-0.39, 0.29) is 0 Å². The van der Waals surface area contributed by atoms with Gasteiger partial charge >= 0.3 is 65.4 Å². The molecule has 0 heterocycles. The largest absolute Gasteiger partial charge is 0.460 e. The van der Waals surface area contributed by atoms with Gasteiger partial charge in [-0.2, -0.15) is 101 Å². The molecule has 0 bridgehead atoms. The Balaban J connectivity index is 6.99. The Morgan fingerprint density at radius 3 is 0.900 bits per heavy atom. The van der Waals surface area contributed by atoms with Crippen LogP contribution in [0.15, 0.2) is 12.7 Å². The standard InChI is InChI=1S/C16H9F23O/c1-2-4-40-5-3-6(17,18)7(19,20)8(21,22)9(23,24)10(25,26)11(27,28)12(29,30)13(31,32)14(33,34)15(35,36)16(37,38)39/h2H,1,3-5H2. The summed E-state index contributed by atoms with van der Waals surface area (Å²) < 4.78 is 308. The van der Waals surface area contributed by atoms with Gasteiger partial charge < -0.3 is 4.74 Å². The zero-order valence-electron chi connectivity index (χ0n) is 18.0. The summed E-state index contributed by atoms with van der Waals surface area (Å²) in [6, 6.07) is 0. The Bertz CT molecular complexity index is 897. The summed E-state index contributed by atoms with van der Waals surface area (Å²) in [4.78, 5) is 0. The van der Waals surface area contributed by atoms with Crippen molar-refractivity contribution in [1.82, 2.24) is 0 Å². The number of rotatable bonds is 14. The first kappa shape index (κ1) is 38.1. The minimum absolute atomic E-state index is 0.672. The third-order valence-electron chi connectivity index (χ3n) is 4.77. The van der Waals surface area contributed by atoms with Crippen molar-refractivity contribution in [1.29, 1.82) is 0 Å². The molecule has 0 aromatic heterocycles. The molecular formula is C16H9F23O. The summed E-state index contributed by atoms with van der Waals surface area (Å²) in [6.45, 7) is 0.164. The molecule has 0 aromatic carbocycles. The number of halogens is 23. The first-order valence-electron chi connectivity index (χ1n) is 9.09. The lowest BCUT2D eigenvalue weighted by atomic mass is 9.85. The molecule has 0 amide bonds. The van der Waals surface area contributed by atoms with Crippen LogP contribution in [0.1, 0.15) is 6.42 Å². The van der Waals surface area contributed by atoms with E-state index in [9.17, 15) is 101 Å². The van der Waals surface area contributed by atoms with Crippen LogP contribution in [-0.4, -0.2) is 78.6 Å². The normalized spacial score (nSPS) is 16.4. The fourth-order valence-electron chi connectivity index (χ4n) is 2.31. The Morgan fingerprint density at radius 2 is 0.650 bits per heavy atom. The van der Waals surface area contributed by atoms with Crippen LogP contribution in [0.3, 0.4) is 0 Å². The minimum atomic E-state index is -9.39. The number of ether oxygens (including phenoxy) is 1. The maximum absolute atomic E-state index is 13.7. The van der Waals surface area contributed by atoms with E-state index in [0.717, 1.165) is 0 Å². The van der Waals surface area contributed by atoms with Crippen LogP contribution >= 0.6 is 0 Å². The van der Waals surface area contributed by atoms with Crippen molar-refractivity contribution in [2.24, 2.45) is 0 Å². The van der Waals surface area contributed by atoms with E-state index in [0.29, 0.717) is 6.08 Å². The molecule has 0 atom stereocenters. The van der Waals surface area contributed by atoms with Crippen LogP contribution in [0.25, 0.3) is 0 Å². The third-order valence-corrected chi connectivity index (χ3v) is 4.77. The maximum Gasteiger partial charge on any atom is 0.460 e. The topological polar surface area (TPSA) is 9.23 Å². The highest BCUT2D eigenvalue weighted by Crippen LogP contribution is 2.67. The van der Waals surface area contributed by atoms with Gasteiger partial charge in [-0.05, 0) is 0 Å². The summed E-state index contributed by atoms with van der Waals surface area (Å²) in [7, 11) is 0. The smallest absolute Gasteiger partial charge is 0.377 e. The van der Waals surface area contributed by atoms with Crippen LogP contribution in [0.4, 0.5) is 101 Å². The summed E-state index contributed by atoms with van der Waals surface area (Å²) in [5, 5.41) is 0. The molecule has 0 unspecified atom stereocenters. The van der Waals surface area contributed by atoms with Crippen molar-refractivity contribution < 1.29 is 106 Å². The Morgan fingerprint density at radius 1 is 0.400 bits per heavy atom. The van der Waals surface area contributed by atoms with Gasteiger partial charge in [0.05, 0.1) is 13.2 Å². The van der Waals surface area contributed by atoms with E-state index in [1.165, 1.54) is 0 Å². The summed E-state index contributed by atoms with van der Waals surface area (Å²) in [5.41, 5.74) is 0. The lowest BCUT2D eigenvalue weighted by Crippen LogP contribution is -2.77. The number of alkyl halides is 23. The van der Waals surface area contributed by atoms with E-state index in [1.807, 2.05) is 0 Å². The van der Waals surface area contributed by atoms with Gasteiger partial charge in [0.1, 0.15) is 0 Å². The SMILES string of the molecule is C=CCOCCC(F)(F)C(F)(F)C(F)(F)C(F)(F)C(F)(F)C(F)(F)C(F)(F)C(F)(F)C(F)(F)C(F)(F)C(F)(F)F. The highest BCUT2D eigenvalue weighted by molar-refractivity contribution is 5.18. The first-order valence-corrected chi connectivity index (χ1v) is 9.09. The second-order valence-electron chi connectivity index (χ2n) is 7.49. The van der Waals surface area contributed by atoms with Gasteiger partial charge in [-0.15, -0.1) is 6.58 Å². The fourth-order valence-corrected chi connectivity index (χ4v) is 2.31. The van der Waals surface area contributed by atoms with Gasteiger partial charge in [0, 0.05) is 6.42 Å². The molecule has 0 aliphatic heterocycles. The van der Waals surface area contributed by atoms with Gasteiger partial charge in [-0.3, -0.25) is 0 Å². The van der Waals surface area contributed by atoms with Crippen molar-refractivity contribution in [3.05, 3.63) is 12.7 Å². The molecule has 0 saturated heterocycles. The van der Waals surface area contributed by atoms with E-state index >= 15 is 0 Å². The van der Waals surface area contributed by atoms with Gasteiger partial charge in [0.25, 0.3) is 0 Å². The van der Waals surface area contributed by atoms with Crippen LogP contribution in [-0.2, 0) is 4.74 Å². The summed E-state index contributed by atoms with van der Waals surface area (Å²) >= 11 is 0. The quantitative estimate of drug-likeness (QED) is 0.104. The average Bonchev–Trinajstić information content (AvgIpc) is 2.74. The molecule has 0 fully saturated rings. The Kier molecular flexibility index (Phi) is 9.64. The molecule has 0 spiro atoms. The van der Waals surface area contributed by atoms with Crippen LogP contribution in [0, 0.1) is 0 Å². The summed E-state index contributed by atoms with van der Waals surface area (Å²) in [6.07, 6.45) is -10.3. The molecule has 1 nitrogen and oxygen atoms in total. The highest BCUT2D eigenvalue weighted by Gasteiger charge is 2.98. The zero-order chi connectivity index (χ0) is 33.0. The number of hydrogen-bond acceptors (Lipinski definition) is 1. The molecule has 0 aliphatic carbocycles. The second kappa shape index (κ2) is 10.1. The van der Waals surface area contributed by atoms with E-state index in [2.05, 4.69) is 11.3 Å². The predicted octanol–water partition coefficient (Wildman–Crippen LogP) is 8.49. The van der Waals surface area contributed by atoms with E-state index in [1.54, 1.807) is 0 Å². The molecule has 0 N–H and O–H groups in total. The van der Waals surface area contributed by atoms with E-state index in [4.69, 9.17) is 0 Å². The average molecular weight is 654 g/mol.